The molecule has 3 aromatic rings. The average molecular weight is 631 g/mol. The number of aryl methyl sites for hydroxylation is 1. The Balaban J connectivity index is 1.73. The Bertz CT molecular complexity index is 1480. The van der Waals surface area contributed by atoms with Gasteiger partial charge in [0.15, 0.2) is 0 Å². The molecule has 0 heterocycles. The zero-order valence-electron chi connectivity index (χ0n) is 23.9. The third-order valence-electron chi connectivity index (χ3n) is 7.58. The molecule has 1 atom stereocenters. The lowest BCUT2D eigenvalue weighted by molar-refractivity contribution is -0.140. The summed E-state index contributed by atoms with van der Waals surface area (Å²) in [4.78, 5) is 29.7. The summed E-state index contributed by atoms with van der Waals surface area (Å²) in [6, 6.07) is 21.0. The van der Waals surface area contributed by atoms with Crippen molar-refractivity contribution in [1.82, 2.24) is 10.2 Å². The Labute approximate surface area is 258 Å². The first-order valence-corrected chi connectivity index (χ1v) is 16.7. The topological polar surface area (TPSA) is 86.8 Å². The van der Waals surface area contributed by atoms with Gasteiger partial charge in [0.25, 0.3) is 0 Å². The van der Waals surface area contributed by atoms with Crippen molar-refractivity contribution >= 4 is 50.7 Å². The molecule has 224 valence electrons. The van der Waals surface area contributed by atoms with E-state index < -0.39 is 28.5 Å². The molecule has 1 saturated carbocycles. The normalized spacial score (nSPS) is 14.7. The average Bonchev–Trinajstić information content (AvgIpc) is 2.96. The molecule has 0 bridgehead atoms. The third kappa shape index (κ3) is 8.49. The van der Waals surface area contributed by atoms with Crippen LogP contribution in [-0.4, -0.2) is 50.0 Å². The van der Waals surface area contributed by atoms with E-state index in [1.807, 2.05) is 61.5 Å². The Kier molecular flexibility index (Phi) is 10.9. The second-order valence-corrected chi connectivity index (χ2v) is 13.6. The lowest BCUT2D eigenvalue weighted by atomic mass is 9.94. The van der Waals surface area contributed by atoms with E-state index in [1.54, 1.807) is 12.1 Å². The van der Waals surface area contributed by atoms with Gasteiger partial charge in [-0.2, -0.15) is 0 Å². The first kappa shape index (κ1) is 31.9. The summed E-state index contributed by atoms with van der Waals surface area (Å²) in [6.07, 6.45) is 6.31. The van der Waals surface area contributed by atoms with Crippen molar-refractivity contribution in [3.05, 3.63) is 99.5 Å². The maximum Gasteiger partial charge on any atom is 0.244 e. The summed E-state index contributed by atoms with van der Waals surface area (Å²) in [6.45, 7) is 1.55. The SMILES string of the molecule is Cc1ccc(CN(C(=O)CN(c2cccc(Cl)c2Cl)S(C)(=O)=O)[C@@H](Cc2ccccc2)C(=O)NC2CCCCC2)cc1. The number of carbonyl (C=O) groups excluding carboxylic acids is 2. The number of carbonyl (C=O) groups is 2. The van der Waals surface area contributed by atoms with Crippen molar-refractivity contribution in [2.45, 2.75) is 64.1 Å². The lowest BCUT2D eigenvalue weighted by Gasteiger charge is -2.35. The Morgan fingerprint density at radius 3 is 2.21 bits per heavy atom. The smallest absolute Gasteiger partial charge is 0.244 e. The van der Waals surface area contributed by atoms with Gasteiger partial charge in [0.2, 0.25) is 21.8 Å². The number of hydrogen-bond acceptors (Lipinski definition) is 4. The molecule has 0 aliphatic heterocycles. The van der Waals surface area contributed by atoms with Gasteiger partial charge in [-0.1, -0.05) is 109 Å². The molecule has 2 amide bonds. The van der Waals surface area contributed by atoms with Crippen LogP contribution in [0.3, 0.4) is 0 Å². The number of sulfonamides is 1. The van der Waals surface area contributed by atoms with Gasteiger partial charge < -0.3 is 10.2 Å². The molecule has 0 aromatic heterocycles. The molecule has 0 spiro atoms. The molecule has 4 rings (SSSR count). The van der Waals surface area contributed by atoms with E-state index in [1.165, 1.54) is 11.0 Å². The van der Waals surface area contributed by atoms with E-state index in [0.717, 1.165) is 59.4 Å². The quantitative estimate of drug-likeness (QED) is 0.275. The number of amides is 2. The molecule has 0 radical (unpaired) electrons. The van der Waals surface area contributed by atoms with Crippen molar-refractivity contribution in [3.8, 4) is 0 Å². The van der Waals surface area contributed by atoms with Gasteiger partial charge in [0, 0.05) is 19.0 Å². The van der Waals surface area contributed by atoms with Gasteiger partial charge in [0.05, 0.1) is 22.0 Å². The van der Waals surface area contributed by atoms with Crippen LogP contribution in [0, 0.1) is 6.92 Å². The maximum absolute atomic E-state index is 14.2. The fraction of sp³-hybridized carbons (Fsp3) is 0.375. The van der Waals surface area contributed by atoms with E-state index in [-0.39, 0.29) is 40.6 Å². The van der Waals surface area contributed by atoms with Crippen LogP contribution < -0.4 is 9.62 Å². The highest BCUT2D eigenvalue weighted by Gasteiger charge is 2.34. The number of nitrogens with one attached hydrogen (secondary N) is 1. The number of halogens is 2. The molecule has 1 fully saturated rings. The van der Waals surface area contributed by atoms with Crippen molar-refractivity contribution in [1.29, 1.82) is 0 Å². The number of benzene rings is 3. The molecule has 1 aliphatic rings. The molecular formula is C32H37Cl2N3O4S. The fourth-order valence-electron chi connectivity index (χ4n) is 5.27. The molecular weight excluding hydrogens is 593 g/mol. The summed E-state index contributed by atoms with van der Waals surface area (Å²) in [5, 5.41) is 3.39. The van der Waals surface area contributed by atoms with E-state index in [4.69, 9.17) is 23.2 Å². The van der Waals surface area contributed by atoms with Crippen molar-refractivity contribution in [2.24, 2.45) is 0 Å². The van der Waals surface area contributed by atoms with Crippen LogP contribution >= 0.6 is 23.2 Å². The zero-order valence-corrected chi connectivity index (χ0v) is 26.3. The van der Waals surface area contributed by atoms with E-state index in [2.05, 4.69) is 5.32 Å². The van der Waals surface area contributed by atoms with Crippen LogP contribution in [0.2, 0.25) is 10.0 Å². The Morgan fingerprint density at radius 2 is 1.57 bits per heavy atom. The van der Waals surface area contributed by atoms with Gasteiger partial charge in [0.1, 0.15) is 12.6 Å². The van der Waals surface area contributed by atoms with Gasteiger partial charge in [-0.3, -0.25) is 13.9 Å². The standard InChI is InChI=1S/C32H37Cl2N3O4S/c1-23-16-18-25(19-17-23)21-36(30(38)22-37(42(2,40)41)28-15-9-14-27(33)31(28)34)29(20-24-10-5-3-6-11-24)32(39)35-26-12-7-4-8-13-26/h3,5-6,9-11,14-19,26,29H,4,7-8,12-13,20-22H2,1-2H3,(H,35,39)/t29-/m0/s1. The summed E-state index contributed by atoms with van der Waals surface area (Å²) in [5.74, 6) is -0.783. The van der Waals surface area contributed by atoms with Gasteiger partial charge in [-0.15, -0.1) is 0 Å². The highest BCUT2D eigenvalue weighted by molar-refractivity contribution is 7.92. The summed E-state index contributed by atoms with van der Waals surface area (Å²) in [7, 11) is -3.95. The fourth-order valence-corrected chi connectivity index (χ4v) is 6.57. The second kappa shape index (κ2) is 14.4. The molecule has 10 heteroatoms. The third-order valence-corrected chi connectivity index (χ3v) is 9.51. The van der Waals surface area contributed by atoms with Crippen LogP contribution in [-0.2, 0) is 32.6 Å². The summed E-state index contributed by atoms with van der Waals surface area (Å²) in [5.41, 5.74) is 2.87. The first-order chi connectivity index (χ1) is 20.0. The maximum atomic E-state index is 14.2. The van der Waals surface area contributed by atoms with Crippen LogP contribution in [0.4, 0.5) is 5.69 Å². The highest BCUT2D eigenvalue weighted by atomic mass is 35.5. The molecule has 7 nitrogen and oxygen atoms in total. The minimum atomic E-state index is -3.95. The minimum absolute atomic E-state index is 0.0263. The predicted octanol–water partition coefficient (Wildman–Crippen LogP) is 6.16. The molecule has 0 unspecified atom stereocenters. The van der Waals surface area contributed by atoms with Crippen LogP contribution in [0.25, 0.3) is 0 Å². The first-order valence-electron chi connectivity index (χ1n) is 14.1. The largest absolute Gasteiger partial charge is 0.352 e. The highest BCUT2D eigenvalue weighted by Crippen LogP contribution is 2.34. The van der Waals surface area contributed by atoms with Crippen LogP contribution in [0.15, 0.2) is 72.8 Å². The molecule has 0 saturated heterocycles. The molecule has 42 heavy (non-hydrogen) atoms. The molecule has 1 N–H and O–H groups in total. The van der Waals surface area contributed by atoms with E-state index >= 15 is 0 Å². The molecule has 1 aliphatic carbocycles. The molecule has 3 aromatic carbocycles. The van der Waals surface area contributed by atoms with E-state index in [9.17, 15) is 18.0 Å². The number of hydrogen-bond donors (Lipinski definition) is 1. The number of rotatable bonds is 11. The van der Waals surface area contributed by atoms with Crippen LogP contribution in [0.1, 0.15) is 48.8 Å². The summed E-state index contributed by atoms with van der Waals surface area (Å²) >= 11 is 12.6. The van der Waals surface area contributed by atoms with Crippen molar-refractivity contribution in [2.75, 3.05) is 17.1 Å². The minimum Gasteiger partial charge on any atom is -0.352 e. The Hall–Kier alpha value is -3.07. The monoisotopic (exact) mass is 629 g/mol. The lowest BCUT2D eigenvalue weighted by Crippen LogP contribution is -2.55. The van der Waals surface area contributed by atoms with Gasteiger partial charge >= 0.3 is 0 Å². The van der Waals surface area contributed by atoms with Gasteiger partial charge in [-0.25, -0.2) is 8.42 Å². The second-order valence-electron chi connectivity index (χ2n) is 10.9. The van der Waals surface area contributed by atoms with E-state index in [0.29, 0.717) is 0 Å². The number of anilines is 1. The van der Waals surface area contributed by atoms with Crippen LogP contribution in [0.5, 0.6) is 0 Å². The van der Waals surface area contributed by atoms with Gasteiger partial charge in [-0.05, 0) is 43.0 Å². The Morgan fingerprint density at radius 1 is 0.905 bits per heavy atom. The predicted molar refractivity (Wildman–Crippen MR) is 169 cm³/mol. The number of nitrogens with zero attached hydrogens (tertiary/aromatic N) is 2. The van der Waals surface area contributed by atoms with Crippen molar-refractivity contribution < 1.29 is 18.0 Å². The zero-order chi connectivity index (χ0) is 30.3. The van der Waals surface area contributed by atoms with Crippen molar-refractivity contribution in [3.63, 3.8) is 0 Å². The summed E-state index contributed by atoms with van der Waals surface area (Å²) < 4.78 is 26.9.